The van der Waals surface area contributed by atoms with E-state index in [2.05, 4.69) is 20.4 Å². The van der Waals surface area contributed by atoms with Crippen LogP contribution in [0.15, 0.2) is 30.5 Å². The first-order chi connectivity index (χ1) is 13.9. The molecule has 0 radical (unpaired) electrons. The van der Waals surface area contributed by atoms with Gasteiger partial charge in [0.05, 0.1) is 19.3 Å². The van der Waals surface area contributed by atoms with E-state index in [4.69, 9.17) is 9.47 Å². The van der Waals surface area contributed by atoms with Crippen molar-refractivity contribution in [1.29, 1.82) is 0 Å². The molecule has 1 unspecified atom stereocenters. The molecular formula is C21H27N5O3. The van der Waals surface area contributed by atoms with Gasteiger partial charge in [-0.15, -0.1) is 5.10 Å². The van der Waals surface area contributed by atoms with Gasteiger partial charge in [-0.3, -0.25) is 4.79 Å². The summed E-state index contributed by atoms with van der Waals surface area (Å²) in [6, 6.07) is 7.32. The van der Waals surface area contributed by atoms with Gasteiger partial charge in [-0.25, -0.2) is 9.50 Å². The summed E-state index contributed by atoms with van der Waals surface area (Å²) in [6.45, 7) is 10.9. The minimum absolute atomic E-state index is 0.0911. The van der Waals surface area contributed by atoms with E-state index in [1.54, 1.807) is 10.7 Å². The van der Waals surface area contributed by atoms with Crippen LogP contribution < -0.4 is 14.8 Å². The number of aryl methyl sites for hydroxylation is 1. The Morgan fingerprint density at radius 2 is 1.86 bits per heavy atom. The Bertz CT molecular complexity index is 999. The van der Waals surface area contributed by atoms with E-state index in [0.29, 0.717) is 30.5 Å². The van der Waals surface area contributed by atoms with Crippen molar-refractivity contribution < 1.29 is 14.3 Å². The van der Waals surface area contributed by atoms with Gasteiger partial charge in [0, 0.05) is 11.9 Å². The number of benzene rings is 1. The zero-order chi connectivity index (χ0) is 21.0. The normalized spacial score (nSPS) is 12.2. The van der Waals surface area contributed by atoms with Gasteiger partial charge >= 0.3 is 0 Å². The summed E-state index contributed by atoms with van der Waals surface area (Å²) in [7, 11) is 0. The number of hydrogen-bond acceptors (Lipinski definition) is 6. The molecule has 29 heavy (non-hydrogen) atoms. The Hall–Kier alpha value is -3.16. The molecule has 0 saturated carbocycles. The molecule has 3 rings (SSSR count). The molecule has 0 aliphatic carbocycles. The second kappa shape index (κ2) is 8.89. The van der Waals surface area contributed by atoms with Crippen molar-refractivity contribution in [3.63, 3.8) is 0 Å². The van der Waals surface area contributed by atoms with Gasteiger partial charge in [0.1, 0.15) is 0 Å². The van der Waals surface area contributed by atoms with Gasteiger partial charge in [0.2, 0.25) is 5.82 Å². The summed E-state index contributed by atoms with van der Waals surface area (Å²) in [5.41, 5.74) is 1.79. The maximum atomic E-state index is 12.9. The smallest absolute Gasteiger partial charge is 0.291 e. The van der Waals surface area contributed by atoms with E-state index in [1.165, 1.54) is 0 Å². The number of carbonyl (C=O) groups is 1. The number of nitrogens with zero attached hydrogens (tertiary/aromatic N) is 4. The van der Waals surface area contributed by atoms with Crippen LogP contribution in [0.1, 0.15) is 55.6 Å². The van der Waals surface area contributed by atoms with Crippen LogP contribution >= 0.6 is 0 Å². The van der Waals surface area contributed by atoms with E-state index in [0.717, 1.165) is 11.3 Å². The minimum atomic E-state index is -0.347. The fourth-order valence-corrected chi connectivity index (χ4v) is 3.10. The molecule has 0 fully saturated rings. The molecule has 154 valence electrons. The minimum Gasteiger partial charge on any atom is -0.490 e. The third kappa shape index (κ3) is 4.47. The van der Waals surface area contributed by atoms with E-state index < -0.39 is 0 Å². The third-order valence-electron chi connectivity index (χ3n) is 4.51. The van der Waals surface area contributed by atoms with Gasteiger partial charge in [0.25, 0.3) is 11.7 Å². The number of hydrogen-bond donors (Lipinski definition) is 1. The molecule has 8 heteroatoms. The summed E-state index contributed by atoms with van der Waals surface area (Å²) in [4.78, 5) is 21.3. The Kier molecular flexibility index (Phi) is 6.31. The van der Waals surface area contributed by atoms with Crippen molar-refractivity contribution in [2.45, 2.75) is 40.7 Å². The van der Waals surface area contributed by atoms with Crippen molar-refractivity contribution in [2.75, 3.05) is 13.2 Å². The summed E-state index contributed by atoms with van der Waals surface area (Å²) >= 11 is 0. The Labute approximate surface area is 170 Å². The Morgan fingerprint density at radius 3 is 2.52 bits per heavy atom. The molecule has 0 aliphatic heterocycles. The fraction of sp³-hybridized carbons (Fsp3) is 0.429. The quantitative estimate of drug-likeness (QED) is 0.627. The van der Waals surface area contributed by atoms with Crippen LogP contribution in [0.2, 0.25) is 0 Å². The fourth-order valence-electron chi connectivity index (χ4n) is 3.10. The van der Waals surface area contributed by atoms with Gasteiger partial charge in [0.15, 0.2) is 11.5 Å². The van der Waals surface area contributed by atoms with E-state index >= 15 is 0 Å². The molecular weight excluding hydrogens is 370 g/mol. The average Bonchev–Trinajstić information content (AvgIpc) is 3.13. The zero-order valence-corrected chi connectivity index (χ0v) is 17.5. The van der Waals surface area contributed by atoms with Crippen molar-refractivity contribution >= 4 is 11.7 Å². The third-order valence-corrected chi connectivity index (χ3v) is 4.51. The summed E-state index contributed by atoms with van der Waals surface area (Å²) in [5.74, 6) is 1.64. The highest BCUT2D eigenvalue weighted by Gasteiger charge is 2.23. The molecule has 0 spiro atoms. The molecule has 1 atom stereocenters. The molecule has 1 aromatic carbocycles. The van der Waals surface area contributed by atoms with Crippen LogP contribution in [-0.2, 0) is 0 Å². The van der Waals surface area contributed by atoms with Crippen LogP contribution in [0, 0.1) is 12.8 Å². The van der Waals surface area contributed by atoms with Crippen molar-refractivity contribution in [3.05, 3.63) is 47.5 Å². The topological polar surface area (TPSA) is 90.6 Å². The van der Waals surface area contributed by atoms with Crippen LogP contribution in [0.5, 0.6) is 11.5 Å². The lowest BCUT2D eigenvalue weighted by Gasteiger charge is -2.23. The van der Waals surface area contributed by atoms with Gasteiger partial charge in [-0.2, -0.15) is 4.98 Å². The second-order valence-corrected chi connectivity index (χ2v) is 7.00. The van der Waals surface area contributed by atoms with E-state index in [9.17, 15) is 4.79 Å². The number of rotatable bonds is 8. The number of carbonyl (C=O) groups excluding carboxylic acids is 1. The maximum absolute atomic E-state index is 12.9. The van der Waals surface area contributed by atoms with Crippen molar-refractivity contribution in [1.82, 2.24) is 24.9 Å². The first kappa shape index (κ1) is 20.6. The number of aromatic nitrogens is 4. The summed E-state index contributed by atoms with van der Waals surface area (Å²) in [6.07, 6.45) is 1.65. The Balaban J connectivity index is 1.88. The lowest BCUT2D eigenvalue weighted by Crippen LogP contribution is -2.32. The predicted octanol–water partition coefficient (Wildman–Crippen LogP) is 3.36. The Morgan fingerprint density at radius 1 is 1.14 bits per heavy atom. The maximum Gasteiger partial charge on any atom is 0.291 e. The largest absolute Gasteiger partial charge is 0.490 e. The van der Waals surface area contributed by atoms with Crippen LogP contribution in [0.4, 0.5) is 0 Å². The van der Waals surface area contributed by atoms with Crippen LogP contribution in [-0.4, -0.2) is 38.7 Å². The van der Waals surface area contributed by atoms with Crippen LogP contribution in [0.3, 0.4) is 0 Å². The number of nitrogens with one attached hydrogen (secondary N) is 1. The lowest BCUT2D eigenvalue weighted by molar-refractivity contribution is 0.0915. The molecule has 2 aromatic heterocycles. The summed E-state index contributed by atoms with van der Waals surface area (Å²) < 4.78 is 12.9. The first-order valence-electron chi connectivity index (χ1n) is 9.83. The predicted molar refractivity (Wildman–Crippen MR) is 109 cm³/mol. The highest BCUT2D eigenvalue weighted by Crippen LogP contribution is 2.33. The van der Waals surface area contributed by atoms with Gasteiger partial charge < -0.3 is 14.8 Å². The monoisotopic (exact) mass is 397 g/mol. The number of ether oxygens (including phenoxy) is 2. The molecule has 0 aliphatic rings. The number of amides is 1. The average molecular weight is 397 g/mol. The standard InChI is InChI=1S/C21H27N5O3/c1-6-28-16-9-8-15(12-17(16)29-7-2)18(13(3)4)23-20(27)19-24-21-22-11-10-14(5)26(21)25-19/h8-13,18H,6-7H2,1-5H3,(H,23,27). The van der Waals surface area contributed by atoms with E-state index in [1.807, 2.05) is 58.9 Å². The van der Waals surface area contributed by atoms with Gasteiger partial charge in [-0.05, 0) is 50.5 Å². The molecule has 1 N–H and O–H groups in total. The molecule has 0 saturated heterocycles. The number of fused-ring (bicyclic) bond motifs is 1. The summed E-state index contributed by atoms with van der Waals surface area (Å²) in [5, 5.41) is 7.34. The molecule has 3 aromatic rings. The van der Waals surface area contributed by atoms with Gasteiger partial charge in [-0.1, -0.05) is 19.9 Å². The first-order valence-corrected chi connectivity index (χ1v) is 9.83. The second-order valence-electron chi connectivity index (χ2n) is 7.00. The van der Waals surface area contributed by atoms with Crippen molar-refractivity contribution in [3.8, 4) is 11.5 Å². The van der Waals surface area contributed by atoms with Crippen molar-refractivity contribution in [2.24, 2.45) is 5.92 Å². The molecule has 8 nitrogen and oxygen atoms in total. The lowest BCUT2D eigenvalue weighted by atomic mass is 9.95. The highest BCUT2D eigenvalue weighted by molar-refractivity contribution is 5.91. The molecule has 2 heterocycles. The van der Waals surface area contributed by atoms with E-state index in [-0.39, 0.29) is 23.7 Å². The van der Waals surface area contributed by atoms with Crippen LogP contribution in [0.25, 0.3) is 5.78 Å². The highest BCUT2D eigenvalue weighted by atomic mass is 16.5. The SMILES string of the molecule is CCOc1ccc(C(NC(=O)c2nc3nccc(C)n3n2)C(C)C)cc1OCC. The molecule has 0 bridgehead atoms. The zero-order valence-electron chi connectivity index (χ0n) is 17.5. The molecule has 1 amide bonds.